The summed E-state index contributed by atoms with van der Waals surface area (Å²) in [5, 5.41) is 3.12. The number of piperidine rings is 1. The number of hydrogen-bond donors (Lipinski definition) is 2. The predicted octanol–water partition coefficient (Wildman–Crippen LogP) is 3.03. The van der Waals surface area contributed by atoms with Gasteiger partial charge < -0.3 is 16.0 Å². The van der Waals surface area contributed by atoms with Crippen molar-refractivity contribution in [2.24, 2.45) is 0 Å². The van der Waals surface area contributed by atoms with Crippen LogP contribution in [0.4, 0.5) is 5.69 Å². The zero-order valence-corrected chi connectivity index (χ0v) is 14.2. The molecule has 1 aliphatic heterocycles. The lowest BCUT2D eigenvalue weighted by atomic mass is 10.0. The number of nitrogen functional groups attached to an aromatic ring is 1. The minimum Gasteiger partial charge on any atom is -0.399 e. The van der Waals surface area contributed by atoms with Gasteiger partial charge in [-0.2, -0.15) is 0 Å². The Labute approximate surface area is 135 Å². The Morgan fingerprint density at radius 1 is 1.38 bits per heavy atom. The fourth-order valence-corrected chi connectivity index (χ4v) is 3.21. The largest absolute Gasteiger partial charge is 0.399 e. The van der Waals surface area contributed by atoms with Crippen LogP contribution < -0.4 is 11.1 Å². The Morgan fingerprint density at radius 3 is 2.71 bits per heavy atom. The lowest BCUT2D eigenvalue weighted by Gasteiger charge is -2.32. The molecule has 0 unspecified atom stereocenters. The first-order valence-corrected chi connectivity index (χ1v) is 8.47. The van der Waals surface area contributed by atoms with Gasteiger partial charge in [-0.3, -0.25) is 4.79 Å². The first-order chi connectivity index (χ1) is 10.1. The second-order valence-corrected chi connectivity index (χ2v) is 6.63. The molecule has 116 valence electrons. The van der Waals surface area contributed by atoms with Crippen LogP contribution in [0.25, 0.3) is 0 Å². The quantitative estimate of drug-likeness (QED) is 0.799. The summed E-state index contributed by atoms with van der Waals surface area (Å²) >= 11 is 3.37. The van der Waals surface area contributed by atoms with Crippen LogP contribution in [0.5, 0.6) is 0 Å². The van der Waals surface area contributed by atoms with Crippen molar-refractivity contribution in [2.45, 2.75) is 38.6 Å². The van der Waals surface area contributed by atoms with Crippen LogP contribution in [0.3, 0.4) is 0 Å². The van der Waals surface area contributed by atoms with E-state index in [4.69, 9.17) is 5.73 Å². The Balaban J connectivity index is 1.84. The highest BCUT2D eigenvalue weighted by Gasteiger charge is 2.20. The first kappa shape index (κ1) is 16.3. The van der Waals surface area contributed by atoms with Gasteiger partial charge in [-0.1, -0.05) is 29.3 Å². The minimum absolute atomic E-state index is 0.0324. The van der Waals surface area contributed by atoms with E-state index in [1.807, 2.05) is 6.07 Å². The van der Waals surface area contributed by atoms with Gasteiger partial charge in [0.25, 0.3) is 5.91 Å². The number of benzene rings is 1. The molecule has 0 atom stereocenters. The van der Waals surface area contributed by atoms with Gasteiger partial charge in [0.05, 0.1) is 0 Å². The highest BCUT2D eigenvalue weighted by Crippen LogP contribution is 2.18. The summed E-state index contributed by atoms with van der Waals surface area (Å²) in [6.45, 7) is 5.55. The molecule has 0 spiro atoms. The number of unbranched alkanes of at least 4 members (excludes halogenated alkanes) is 1. The predicted molar refractivity (Wildman–Crippen MR) is 90.4 cm³/mol. The first-order valence-electron chi connectivity index (χ1n) is 7.67. The topological polar surface area (TPSA) is 58.4 Å². The van der Waals surface area contributed by atoms with Gasteiger partial charge in [0.15, 0.2) is 0 Å². The Bertz CT molecular complexity index is 464. The number of likely N-dealkylation sites (tertiary alicyclic amines) is 1. The molecule has 0 radical (unpaired) electrons. The molecule has 1 fully saturated rings. The molecule has 0 bridgehead atoms. The molecular formula is C16H24BrN3O. The Hall–Kier alpha value is -1.07. The zero-order valence-electron chi connectivity index (χ0n) is 12.6. The zero-order chi connectivity index (χ0) is 15.2. The monoisotopic (exact) mass is 353 g/mol. The molecule has 0 saturated carbocycles. The number of halogens is 1. The Morgan fingerprint density at radius 2 is 2.10 bits per heavy atom. The maximum atomic E-state index is 12.3. The second-order valence-electron chi connectivity index (χ2n) is 5.72. The van der Waals surface area contributed by atoms with Gasteiger partial charge in [-0.25, -0.2) is 0 Å². The third kappa shape index (κ3) is 5.00. The maximum absolute atomic E-state index is 12.3. The average molecular weight is 354 g/mol. The van der Waals surface area contributed by atoms with E-state index < -0.39 is 0 Å². The number of carbonyl (C=O) groups excluding carboxylic acids is 1. The van der Waals surface area contributed by atoms with E-state index in [1.165, 1.54) is 19.4 Å². The highest BCUT2D eigenvalue weighted by molar-refractivity contribution is 9.10. The van der Waals surface area contributed by atoms with Gasteiger partial charge in [-0.15, -0.1) is 0 Å². The van der Waals surface area contributed by atoms with Crippen LogP contribution in [-0.2, 0) is 0 Å². The average Bonchev–Trinajstić information content (AvgIpc) is 2.45. The number of anilines is 1. The molecule has 1 heterocycles. The Kier molecular flexibility index (Phi) is 6.06. The highest BCUT2D eigenvalue weighted by atomic mass is 79.9. The van der Waals surface area contributed by atoms with Crippen molar-refractivity contribution in [3.8, 4) is 0 Å². The van der Waals surface area contributed by atoms with Gasteiger partial charge >= 0.3 is 0 Å². The van der Waals surface area contributed by atoms with Gasteiger partial charge in [-0.05, 0) is 44.0 Å². The normalized spacial score (nSPS) is 16.9. The van der Waals surface area contributed by atoms with Crippen molar-refractivity contribution in [1.82, 2.24) is 10.2 Å². The number of carbonyl (C=O) groups is 1. The summed E-state index contributed by atoms with van der Waals surface area (Å²) in [6.07, 6.45) is 4.55. The summed E-state index contributed by atoms with van der Waals surface area (Å²) in [5.74, 6) is -0.0324. The van der Waals surface area contributed by atoms with E-state index in [-0.39, 0.29) is 11.9 Å². The molecule has 3 N–H and O–H groups in total. The molecule has 2 rings (SSSR count). The van der Waals surface area contributed by atoms with Gasteiger partial charge in [0, 0.05) is 34.9 Å². The van der Waals surface area contributed by atoms with Crippen molar-refractivity contribution in [3.05, 3.63) is 28.2 Å². The smallest absolute Gasteiger partial charge is 0.251 e. The van der Waals surface area contributed by atoms with Gasteiger partial charge in [0.2, 0.25) is 0 Å². The molecule has 1 aromatic carbocycles. The number of hydrogen-bond acceptors (Lipinski definition) is 3. The number of amides is 1. The third-order valence-electron chi connectivity index (χ3n) is 3.93. The van der Waals surface area contributed by atoms with Crippen LogP contribution in [-0.4, -0.2) is 36.5 Å². The molecule has 4 nitrogen and oxygen atoms in total. The van der Waals surface area contributed by atoms with E-state index in [1.54, 1.807) is 12.1 Å². The summed E-state index contributed by atoms with van der Waals surface area (Å²) in [4.78, 5) is 14.8. The van der Waals surface area contributed by atoms with E-state index in [0.717, 1.165) is 30.4 Å². The lowest BCUT2D eigenvalue weighted by molar-refractivity contribution is 0.0911. The second kappa shape index (κ2) is 7.80. The molecule has 1 amide bonds. The summed E-state index contributed by atoms with van der Waals surface area (Å²) in [7, 11) is 0. The molecule has 0 aromatic heterocycles. The SMILES string of the molecule is CCCCN1CCC(NC(=O)c2cc(N)cc(Br)c2)CC1. The molecular weight excluding hydrogens is 330 g/mol. The number of nitrogens with zero attached hydrogens (tertiary/aromatic N) is 1. The van der Waals surface area contributed by atoms with Crippen LogP contribution in [0.1, 0.15) is 43.0 Å². The summed E-state index contributed by atoms with van der Waals surface area (Å²) in [6, 6.07) is 5.59. The van der Waals surface area contributed by atoms with E-state index in [9.17, 15) is 4.79 Å². The van der Waals surface area contributed by atoms with Crippen LogP contribution in [0.15, 0.2) is 22.7 Å². The van der Waals surface area contributed by atoms with E-state index in [0.29, 0.717) is 11.3 Å². The number of rotatable bonds is 5. The standard InChI is InChI=1S/C16H24BrN3O/c1-2-3-6-20-7-4-15(5-8-20)19-16(21)12-9-13(17)11-14(18)10-12/h9-11,15H,2-8,18H2,1H3,(H,19,21). The summed E-state index contributed by atoms with van der Waals surface area (Å²) < 4.78 is 0.835. The van der Waals surface area contributed by atoms with E-state index >= 15 is 0 Å². The van der Waals surface area contributed by atoms with E-state index in [2.05, 4.69) is 33.1 Å². The molecule has 1 saturated heterocycles. The minimum atomic E-state index is -0.0324. The number of nitrogens with two attached hydrogens (primary N) is 1. The lowest BCUT2D eigenvalue weighted by Crippen LogP contribution is -2.44. The third-order valence-corrected chi connectivity index (χ3v) is 4.39. The fourth-order valence-electron chi connectivity index (χ4n) is 2.69. The van der Waals surface area contributed by atoms with Crippen molar-refractivity contribution in [1.29, 1.82) is 0 Å². The molecule has 0 aliphatic carbocycles. The molecule has 1 aliphatic rings. The van der Waals surface area contributed by atoms with Crippen molar-refractivity contribution < 1.29 is 4.79 Å². The van der Waals surface area contributed by atoms with Crippen LogP contribution in [0, 0.1) is 0 Å². The van der Waals surface area contributed by atoms with Crippen molar-refractivity contribution in [2.75, 3.05) is 25.4 Å². The fraction of sp³-hybridized carbons (Fsp3) is 0.562. The van der Waals surface area contributed by atoms with Gasteiger partial charge in [0.1, 0.15) is 0 Å². The number of nitrogens with one attached hydrogen (secondary N) is 1. The van der Waals surface area contributed by atoms with Crippen LogP contribution in [0.2, 0.25) is 0 Å². The van der Waals surface area contributed by atoms with Crippen molar-refractivity contribution in [3.63, 3.8) is 0 Å². The molecule has 1 aromatic rings. The molecule has 5 heteroatoms. The van der Waals surface area contributed by atoms with Crippen LogP contribution >= 0.6 is 15.9 Å². The molecule has 21 heavy (non-hydrogen) atoms. The van der Waals surface area contributed by atoms with Crippen molar-refractivity contribution >= 4 is 27.5 Å². The summed E-state index contributed by atoms with van der Waals surface area (Å²) in [5.41, 5.74) is 7.00. The maximum Gasteiger partial charge on any atom is 0.251 e.